The number of rotatable bonds is 7. The Morgan fingerprint density at radius 3 is 2.79 bits per heavy atom. The molecule has 1 fully saturated rings. The Morgan fingerprint density at radius 1 is 1.29 bits per heavy atom. The van der Waals surface area contributed by atoms with Crippen molar-refractivity contribution in [1.82, 2.24) is 15.2 Å². The molecule has 1 saturated heterocycles. The summed E-state index contributed by atoms with van der Waals surface area (Å²) in [5, 5.41) is 12.2. The molecule has 1 aromatic carbocycles. The second kappa shape index (κ2) is 9.61. The van der Waals surface area contributed by atoms with Gasteiger partial charge in [-0.05, 0) is 31.5 Å². The molecule has 1 aliphatic rings. The molecule has 2 heterocycles. The number of hydrogen-bond acceptors (Lipinski definition) is 5. The molecule has 3 rings (SSSR count). The summed E-state index contributed by atoms with van der Waals surface area (Å²) >= 11 is 0. The van der Waals surface area contributed by atoms with Gasteiger partial charge in [-0.25, -0.2) is 9.37 Å². The number of halogens is 1. The number of benzene rings is 1. The molecule has 2 aromatic rings. The Kier molecular flexibility index (Phi) is 6.95. The summed E-state index contributed by atoms with van der Waals surface area (Å²) in [5.41, 5.74) is 1.21. The van der Waals surface area contributed by atoms with Gasteiger partial charge in [-0.1, -0.05) is 18.2 Å². The summed E-state index contributed by atoms with van der Waals surface area (Å²) in [6, 6.07) is 10.6. The van der Waals surface area contributed by atoms with Gasteiger partial charge in [-0.2, -0.15) is 0 Å². The van der Waals surface area contributed by atoms with Crippen molar-refractivity contribution in [3.63, 3.8) is 0 Å². The molecule has 1 atom stereocenters. The molecule has 150 valence electrons. The fourth-order valence-electron chi connectivity index (χ4n) is 3.55. The molecule has 0 aliphatic carbocycles. The number of aliphatic hydroxyl groups is 1. The molecular weight excluding hydrogens is 359 g/mol. The molecule has 2 N–H and O–H groups in total. The van der Waals surface area contributed by atoms with Gasteiger partial charge in [-0.3, -0.25) is 9.69 Å². The molecule has 0 saturated carbocycles. The van der Waals surface area contributed by atoms with Crippen molar-refractivity contribution in [2.45, 2.75) is 25.9 Å². The van der Waals surface area contributed by atoms with Crippen LogP contribution in [0.5, 0.6) is 0 Å². The first-order valence-electron chi connectivity index (χ1n) is 9.70. The number of nitrogens with zero attached hydrogens (tertiary/aromatic N) is 3. The number of pyridine rings is 1. The fourth-order valence-corrected chi connectivity index (χ4v) is 3.55. The maximum Gasteiger partial charge on any atom is 0.252 e. The van der Waals surface area contributed by atoms with Crippen molar-refractivity contribution in [2.75, 3.05) is 37.7 Å². The lowest BCUT2D eigenvalue weighted by atomic mass is 10.1. The molecule has 0 bridgehead atoms. The zero-order valence-electron chi connectivity index (χ0n) is 16.1. The Bertz CT molecular complexity index is 784. The highest BCUT2D eigenvalue weighted by atomic mass is 19.1. The summed E-state index contributed by atoms with van der Waals surface area (Å²) < 4.78 is 14.0. The van der Waals surface area contributed by atoms with Gasteiger partial charge in [0.15, 0.2) is 0 Å². The van der Waals surface area contributed by atoms with Gasteiger partial charge in [-0.15, -0.1) is 0 Å². The molecule has 1 aliphatic heterocycles. The quantitative estimate of drug-likeness (QED) is 0.762. The third-order valence-corrected chi connectivity index (χ3v) is 5.07. The van der Waals surface area contributed by atoms with E-state index < -0.39 is 0 Å². The Morgan fingerprint density at radius 2 is 2.11 bits per heavy atom. The van der Waals surface area contributed by atoms with Crippen LogP contribution in [-0.4, -0.2) is 59.7 Å². The normalized spacial score (nSPS) is 17.5. The van der Waals surface area contributed by atoms with E-state index in [1.807, 2.05) is 19.1 Å². The minimum absolute atomic E-state index is 0.0792. The third-order valence-electron chi connectivity index (χ3n) is 5.07. The van der Waals surface area contributed by atoms with Crippen molar-refractivity contribution < 1.29 is 14.3 Å². The van der Waals surface area contributed by atoms with Crippen LogP contribution in [0.2, 0.25) is 0 Å². The van der Waals surface area contributed by atoms with Gasteiger partial charge in [0, 0.05) is 57.1 Å². The second-order valence-corrected chi connectivity index (χ2v) is 6.94. The Labute approximate surface area is 165 Å². The SMILES string of the molecule is CCNC(=O)c1ccc(N2CCN(Cc3ccccc3F)[C@H](CCO)C2)nc1. The highest BCUT2D eigenvalue weighted by Crippen LogP contribution is 2.22. The van der Waals surface area contributed by atoms with E-state index in [1.165, 1.54) is 6.07 Å². The summed E-state index contributed by atoms with van der Waals surface area (Å²) in [5.74, 6) is 0.478. The largest absolute Gasteiger partial charge is 0.396 e. The summed E-state index contributed by atoms with van der Waals surface area (Å²) in [6.45, 7) is 5.25. The minimum atomic E-state index is -0.199. The van der Waals surface area contributed by atoms with Gasteiger partial charge in [0.2, 0.25) is 0 Å². The lowest BCUT2D eigenvalue weighted by Crippen LogP contribution is -2.53. The molecule has 0 unspecified atom stereocenters. The first-order chi connectivity index (χ1) is 13.6. The van der Waals surface area contributed by atoms with Crippen LogP contribution in [0.1, 0.15) is 29.3 Å². The number of amides is 1. The maximum atomic E-state index is 14.0. The molecule has 1 amide bonds. The molecular formula is C21H27FN4O2. The van der Waals surface area contributed by atoms with Crippen LogP contribution in [0.25, 0.3) is 0 Å². The fraction of sp³-hybridized carbons (Fsp3) is 0.429. The number of carbonyl (C=O) groups excluding carboxylic acids is 1. The predicted molar refractivity (Wildman–Crippen MR) is 107 cm³/mol. The highest BCUT2D eigenvalue weighted by Gasteiger charge is 2.28. The number of aliphatic hydroxyl groups excluding tert-OH is 1. The molecule has 6 nitrogen and oxygen atoms in total. The van der Waals surface area contributed by atoms with E-state index in [0.29, 0.717) is 37.2 Å². The van der Waals surface area contributed by atoms with Crippen molar-refractivity contribution in [3.05, 3.63) is 59.5 Å². The minimum Gasteiger partial charge on any atom is -0.396 e. The van der Waals surface area contributed by atoms with Crippen LogP contribution in [0, 0.1) is 5.82 Å². The molecule has 0 radical (unpaired) electrons. The van der Waals surface area contributed by atoms with E-state index in [0.717, 1.165) is 18.9 Å². The van der Waals surface area contributed by atoms with Crippen LogP contribution < -0.4 is 10.2 Å². The number of anilines is 1. The summed E-state index contributed by atoms with van der Waals surface area (Å²) in [7, 11) is 0. The van der Waals surface area contributed by atoms with E-state index >= 15 is 0 Å². The van der Waals surface area contributed by atoms with E-state index in [-0.39, 0.29) is 24.4 Å². The average Bonchev–Trinajstić information content (AvgIpc) is 2.71. The van der Waals surface area contributed by atoms with Crippen LogP contribution >= 0.6 is 0 Å². The van der Waals surface area contributed by atoms with Gasteiger partial charge in [0.1, 0.15) is 11.6 Å². The van der Waals surface area contributed by atoms with Crippen molar-refractivity contribution in [3.8, 4) is 0 Å². The van der Waals surface area contributed by atoms with Gasteiger partial charge in [0.25, 0.3) is 5.91 Å². The zero-order valence-corrected chi connectivity index (χ0v) is 16.1. The standard InChI is InChI=1S/C21H27FN4O2/c1-2-23-21(28)16-7-8-20(24-13-16)26-11-10-25(18(15-26)9-12-27)14-17-5-3-4-6-19(17)22/h3-8,13,18,27H,2,9-12,14-15H2,1H3,(H,23,28)/t18-/m1/s1. The van der Waals surface area contributed by atoms with Gasteiger partial charge >= 0.3 is 0 Å². The maximum absolute atomic E-state index is 14.0. The zero-order chi connectivity index (χ0) is 19.9. The van der Waals surface area contributed by atoms with Crippen molar-refractivity contribution >= 4 is 11.7 Å². The highest BCUT2D eigenvalue weighted by molar-refractivity contribution is 5.94. The number of carbonyl (C=O) groups is 1. The van der Waals surface area contributed by atoms with Gasteiger partial charge in [0.05, 0.1) is 5.56 Å². The topological polar surface area (TPSA) is 68.7 Å². The van der Waals surface area contributed by atoms with E-state index in [4.69, 9.17) is 0 Å². The summed E-state index contributed by atoms with van der Waals surface area (Å²) in [6.07, 6.45) is 2.20. The smallest absolute Gasteiger partial charge is 0.252 e. The van der Waals surface area contributed by atoms with Crippen LogP contribution in [0.4, 0.5) is 10.2 Å². The van der Waals surface area contributed by atoms with Crippen molar-refractivity contribution in [1.29, 1.82) is 0 Å². The predicted octanol–water partition coefficient (Wildman–Crippen LogP) is 2.04. The monoisotopic (exact) mass is 386 g/mol. The third kappa shape index (κ3) is 4.85. The van der Waals surface area contributed by atoms with Crippen LogP contribution in [0.15, 0.2) is 42.6 Å². The number of nitrogens with one attached hydrogen (secondary N) is 1. The van der Waals surface area contributed by atoms with Crippen LogP contribution in [0.3, 0.4) is 0 Å². The first kappa shape index (κ1) is 20.2. The average molecular weight is 386 g/mol. The number of piperazine rings is 1. The lowest BCUT2D eigenvalue weighted by Gasteiger charge is -2.42. The molecule has 7 heteroatoms. The van der Waals surface area contributed by atoms with E-state index in [1.54, 1.807) is 24.4 Å². The molecule has 28 heavy (non-hydrogen) atoms. The molecule has 0 spiro atoms. The van der Waals surface area contributed by atoms with Crippen LogP contribution in [-0.2, 0) is 6.54 Å². The second-order valence-electron chi connectivity index (χ2n) is 6.94. The Balaban J connectivity index is 1.68. The van der Waals surface area contributed by atoms with E-state index in [2.05, 4.69) is 20.1 Å². The van der Waals surface area contributed by atoms with Crippen molar-refractivity contribution in [2.24, 2.45) is 0 Å². The summed E-state index contributed by atoms with van der Waals surface area (Å²) in [4.78, 5) is 20.7. The lowest BCUT2D eigenvalue weighted by molar-refractivity contribution is 0.0955. The van der Waals surface area contributed by atoms with Gasteiger partial charge < -0.3 is 15.3 Å². The van der Waals surface area contributed by atoms with E-state index in [9.17, 15) is 14.3 Å². The Hall–Kier alpha value is -2.51. The first-order valence-corrected chi connectivity index (χ1v) is 9.70. The molecule has 1 aromatic heterocycles. The number of aromatic nitrogens is 1. The number of hydrogen-bond donors (Lipinski definition) is 2.